The van der Waals surface area contributed by atoms with Crippen LogP contribution in [-0.2, 0) is 9.59 Å². The van der Waals surface area contributed by atoms with E-state index in [-0.39, 0.29) is 55.3 Å². The quantitative estimate of drug-likeness (QED) is 0.303. The average Bonchev–Trinajstić information content (AvgIpc) is 3.49. The van der Waals surface area contributed by atoms with E-state index >= 15 is 8.78 Å². The summed E-state index contributed by atoms with van der Waals surface area (Å²) in [7, 11) is 0. The molecular weight excluding hydrogens is 724 g/mol. The number of likely N-dealkylation sites (tertiary alicyclic amines) is 1. The molecule has 4 amide bonds. The van der Waals surface area contributed by atoms with Gasteiger partial charge in [-0.25, -0.2) is 8.78 Å². The molecule has 0 bridgehead atoms. The Balaban J connectivity index is 0.740. The number of benzene rings is 2. The summed E-state index contributed by atoms with van der Waals surface area (Å²) >= 11 is 0. The van der Waals surface area contributed by atoms with Gasteiger partial charge in [-0.1, -0.05) is 12.1 Å². The lowest BCUT2D eigenvalue weighted by Gasteiger charge is -2.46. The van der Waals surface area contributed by atoms with Gasteiger partial charge in [0.2, 0.25) is 11.8 Å². The van der Waals surface area contributed by atoms with E-state index < -0.39 is 41.5 Å². The number of amides is 4. The number of para-hydroxylation sites is 1. The second-order valence-electron chi connectivity index (χ2n) is 16.5. The third-order valence-corrected chi connectivity index (χ3v) is 13.3. The number of hydrogen-bond acceptors (Lipinski definition) is 12. The van der Waals surface area contributed by atoms with Crippen molar-refractivity contribution in [2.45, 2.75) is 37.3 Å². The summed E-state index contributed by atoms with van der Waals surface area (Å²) in [6.45, 7) is 6.66. The summed E-state index contributed by atoms with van der Waals surface area (Å²) in [5, 5.41) is 24.8. The number of hydrogen-bond donors (Lipinski definition) is 3. The topological polar surface area (TPSA) is 155 Å². The van der Waals surface area contributed by atoms with Crippen LogP contribution in [0.1, 0.15) is 40.0 Å². The molecule has 3 N–H and O–H groups in total. The van der Waals surface area contributed by atoms with Gasteiger partial charge in [0.15, 0.2) is 5.82 Å². The highest BCUT2D eigenvalue weighted by Gasteiger charge is 2.57. The minimum atomic E-state index is -2.83. The van der Waals surface area contributed by atoms with Crippen LogP contribution in [0.25, 0.3) is 11.3 Å². The fourth-order valence-electron chi connectivity index (χ4n) is 10.2. The number of anilines is 3. The minimum Gasteiger partial charge on any atom is -0.507 e. The molecule has 1 aromatic heterocycles. The number of aromatic nitrogens is 2. The van der Waals surface area contributed by atoms with Gasteiger partial charge in [0.25, 0.3) is 17.7 Å². The van der Waals surface area contributed by atoms with Crippen LogP contribution in [-0.4, -0.2) is 137 Å². The molecule has 1 aliphatic carbocycles. The molecule has 0 spiro atoms. The molecule has 3 aromatic rings. The number of phenolic OH excluding ortho intramolecular Hbond substituents is 1. The van der Waals surface area contributed by atoms with Crippen molar-refractivity contribution in [2.24, 2.45) is 23.7 Å². The molecule has 292 valence electrons. The van der Waals surface area contributed by atoms with E-state index in [9.17, 15) is 24.3 Å². The lowest BCUT2D eigenvalue weighted by Crippen LogP contribution is -2.58. The lowest BCUT2D eigenvalue weighted by atomic mass is 9.92. The van der Waals surface area contributed by atoms with Gasteiger partial charge >= 0.3 is 0 Å². The van der Waals surface area contributed by atoms with Gasteiger partial charge in [-0.2, -0.15) is 0 Å². The fraction of sp³-hybridized carbons (Fsp3) is 0.500. The number of nitrogens with zero attached hydrogens (tertiary/aromatic N) is 7. The Kier molecular flexibility index (Phi) is 8.29. The van der Waals surface area contributed by atoms with Crippen LogP contribution in [0, 0.1) is 23.7 Å². The number of rotatable bonds is 7. The van der Waals surface area contributed by atoms with E-state index in [1.807, 2.05) is 23.1 Å². The van der Waals surface area contributed by atoms with Gasteiger partial charge in [0.05, 0.1) is 34.5 Å². The highest BCUT2D eigenvalue weighted by molar-refractivity contribution is 6.23. The Morgan fingerprint density at radius 3 is 2.45 bits per heavy atom. The number of fused-ring (bicyclic) bond motifs is 5. The summed E-state index contributed by atoms with van der Waals surface area (Å²) < 4.78 is 30.9. The molecule has 56 heavy (non-hydrogen) atoms. The number of phenols is 1. The van der Waals surface area contributed by atoms with Crippen LogP contribution in [0.5, 0.6) is 5.75 Å². The highest BCUT2D eigenvalue weighted by atomic mass is 19.3. The summed E-state index contributed by atoms with van der Waals surface area (Å²) in [4.78, 5) is 60.7. The number of imide groups is 2. The first-order valence-electron chi connectivity index (χ1n) is 19.6. The predicted octanol–water partition coefficient (Wildman–Crippen LogP) is 2.51. The van der Waals surface area contributed by atoms with Crippen molar-refractivity contribution in [3.63, 3.8) is 0 Å². The molecule has 5 fully saturated rings. The van der Waals surface area contributed by atoms with Gasteiger partial charge in [-0.3, -0.25) is 34.3 Å². The van der Waals surface area contributed by atoms with Gasteiger partial charge < -0.3 is 25.1 Å². The summed E-state index contributed by atoms with van der Waals surface area (Å²) in [6.07, 6.45) is -0.205. The normalized spacial score (nSPS) is 29.7. The summed E-state index contributed by atoms with van der Waals surface area (Å²) in [5.74, 6) is -3.51. The molecule has 6 aliphatic heterocycles. The number of alkyl halides is 2. The molecule has 16 heteroatoms. The van der Waals surface area contributed by atoms with E-state index in [1.165, 1.54) is 0 Å². The maximum Gasteiger partial charge on any atom is 0.262 e. The number of nitrogens with one attached hydrogen (secondary N) is 2. The van der Waals surface area contributed by atoms with Gasteiger partial charge in [0, 0.05) is 89.5 Å². The number of carbonyl (C=O) groups is 4. The number of halogens is 2. The highest BCUT2D eigenvalue weighted by Crippen LogP contribution is 2.53. The zero-order valence-electron chi connectivity index (χ0n) is 30.7. The minimum absolute atomic E-state index is 0.0325. The Hall–Kier alpha value is -5.22. The van der Waals surface area contributed by atoms with Gasteiger partial charge in [0.1, 0.15) is 11.8 Å². The largest absolute Gasteiger partial charge is 0.507 e. The van der Waals surface area contributed by atoms with Crippen molar-refractivity contribution in [1.29, 1.82) is 0 Å². The third-order valence-electron chi connectivity index (χ3n) is 13.3. The Morgan fingerprint density at radius 2 is 1.64 bits per heavy atom. The Bertz CT molecular complexity index is 2140. The van der Waals surface area contributed by atoms with Crippen molar-refractivity contribution in [3.8, 4) is 17.0 Å². The van der Waals surface area contributed by atoms with Crippen LogP contribution in [0.2, 0.25) is 0 Å². The number of aromatic hydroxyl groups is 1. The lowest BCUT2D eigenvalue weighted by molar-refractivity contribution is -0.136. The van der Waals surface area contributed by atoms with Crippen LogP contribution >= 0.6 is 0 Å². The molecule has 7 heterocycles. The molecule has 7 aliphatic rings. The van der Waals surface area contributed by atoms with E-state index in [0.717, 1.165) is 62.2 Å². The molecular formula is C40H43F2N9O5. The predicted molar refractivity (Wildman–Crippen MR) is 200 cm³/mol. The molecule has 2 unspecified atom stereocenters. The first kappa shape index (κ1) is 35.2. The molecule has 4 saturated heterocycles. The fourth-order valence-corrected chi connectivity index (χ4v) is 10.2. The van der Waals surface area contributed by atoms with Crippen molar-refractivity contribution in [2.75, 3.05) is 80.6 Å². The third kappa shape index (κ3) is 5.95. The molecule has 6 atom stereocenters. The maximum absolute atomic E-state index is 15.5. The molecule has 0 radical (unpaired) electrons. The van der Waals surface area contributed by atoms with E-state index in [2.05, 4.69) is 35.5 Å². The number of piperazine rings is 1. The smallest absolute Gasteiger partial charge is 0.262 e. The molecule has 1 saturated carbocycles. The standard InChI is InChI=1S/C40H43F2N9O5/c41-40(42)9-10-49(23-5-6-25-27(13-23)39(56)51(38(25)55)32-7-8-35(53)44-37(32)54)17-22(40)16-48-20-29-28(30(29)21-48)19-47-11-12-50-24(18-47)15-43-36-33(50)14-31(45-46-36)26-3-1-2-4-34(26)52/h1-6,13-14,22,24,28-30,32,52H,7-12,15-21H2,(H,43,46)(H,44,53,54)/t22?,24-,28-,29-,30+,32?/m0/s1. The van der Waals surface area contributed by atoms with Crippen LogP contribution < -0.4 is 20.4 Å². The van der Waals surface area contributed by atoms with E-state index in [4.69, 9.17) is 0 Å². The van der Waals surface area contributed by atoms with Gasteiger partial charge in [-0.05, 0) is 60.6 Å². The first-order valence-corrected chi connectivity index (χ1v) is 19.6. The first-order chi connectivity index (χ1) is 27.0. The maximum atomic E-state index is 15.5. The van der Waals surface area contributed by atoms with Crippen LogP contribution in [0.15, 0.2) is 48.5 Å². The van der Waals surface area contributed by atoms with Crippen molar-refractivity contribution < 1.29 is 33.1 Å². The Morgan fingerprint density at radius 1 is 0.839 bits per heavy atom. The van der Waals surface area contributed by atoms with Crippen molar-refractivity contribution in [1.82, 2.24) is 30.2 Å². The molecule has 10 rings (SSSR count). The zero-order valence-corrected chi connectivity index (χ0v) is 30.7. The Labute approximate surface area is 321 Å². The number of piperidine rings is 3. The second kappa shape index (κ2) is 13.2. The van der Waals surface area contributed by atoms with Gasteiger partial charge in [-0.15, -0.1) is 10.2 Å². The zero-order chi connectivity index (χ0) is 38.5. The van der Waals surface area contributed by atoms with E-state index in [1.54, 1.807) is 30.3 Å². The van der Waals surface area contributed by atoms with Crippen molar-refractivity contribution in [3.05, 3.63) is 59.7 Å². The SMILES string of the molecule is O=C1CCC(N2C(=O)c3ccc(N4CCC(F)(F)C(CN5C[C@@H]6[C@H](C5)[C@H]6CN5CCN6c7cc(-c8ccccc8O)nnc7NC[C@H]6C5)C4)cc3C2=O)C(=O)N1. The van der Waals surface area contributed by atoms with Crippen LogP contribution in [0.4, 0.5) is 26.0 Å². The van der Waals surface area contributed by atoms with Crippen LogP contribution in [0.3, 0.4) is 0 Å². The number of carbonyl (C=O) groups excluding carboxylic acids is 4. The monoisotopic (exact) mass is 767 g/mol. The summed E-state index contributed by atoms with van der Waals surface area (Å²) in [6, 6.07) is 13.2. The average molecular weight is 768 g/mol. The summed E-state index contributed by atoms with van der Waals surface area (Å²) in [5.41, 5.74) is 3.21. The van der Waals surface area contributed by atoms with Crippen molar-refractivity contribution >= 4 is 40.8 Å². The van der Waals surface area contributed by atoms with E-state index in [0.29, 0.717) is 41.2 Å². The molecule has 14 nitrogen and oxygen atoms in total. The second-order valence-corrected chi connectivity index (χ2v) is 16.5. The molecule has 2 aromatic carbocycles.